The Morgan fingerprint density at radius 3 is 2.37 bits per heavy atom. The second-order valence-electron chi connectivity index (χ2n) is 6.93. The highest BCUT2D eigenvalue weighted by molar-refractivity contribution is 7.89. The molecule has 0 saturated carbocycles. The second kappa shape index (κ2) is 8.31. The van der Waals surface area contributed by atoms with Gasteiger partial charge in [0.25, 0.3) is 0 Å². The molecule has 1 fully saturated rings. The van der Waals surface area contributed by atoms with Crippen LogP contribution in [0, 0.1) is 6.92 Å². The van der Waals surface area contributed by atoms with Crippen LogP contribution in [0.1, 0.15) is 30.4 Å². The molecular weight excluding hydrogens is 362 g/mol. The predicted octanol–water partition coefficient (Wildman–Crippen LogP) is 3.80. The number of benzene rings is 2. The Morgan fingerprint density at radius 1 is 1.04 bits per heavy atom. The fraction of sp³-hybridized carbons (Fsp3) is 0.429. The zero-order chi connectivity index (χ0) is 19.4. The van der Waals surface area contributed by atoms with E-state index in [1.165, 1.54) is 7.11 Å². The van der Waals surface area contributed by atoms with Gasteiger partial charge in [-0.3, -0.25) is 0 Å². The van der Waals surface area contributed by atoms with Crippen molar-refractivity contribution in [3.05, 3.63) is 53.6 Å². The van der Waals surface area contributed by atoms with E-state index in [-0.39, 0.29) is 6.04 Å². The molecule has 3 rings (SSSR count). The molecular formula is C21H27NO4S. The van der Waals surface area contributed by atoms with Gasteiger partial charge in [0.15, 0.2) is 11.5 Å². The maximum atomic E-state index is 13.5. The first kappa shape index (κ1) is 19.7. The second-order valence-corrected chi connectivity index (χ2v) is 8.79. The lowest BCUT2D eigenvalue weighted by Gasteiger charge is -2.35. The lowest BCUT2D eigenvalue weighted by Crippen LogP contribution is -2.44. The molecule has 1 saturated heterocycles. The van der Waals surface area contributed by atoms with Crippen LogP contribution in [0.3, 0.4) is 0 Å². The van der Waals surface area contributed by atoms with Gasteiger partial charge in [-0.2, -0.15) is 4.31 Å². The average Bonchev–Trinajstić information content (AvgIpc) is 2.68. The number of rotatable bonds is 6. The SMILES string of the molecule is COc1cc(C)c(S(=O)(=O)N2CCCCC2Cc2ccccc2)cc1OC. The van der Waals surface area contributed by atoms with E-state index in [9.17, 15) is 8.42 Å². The maximum Gasteiger partial charge on any atom is 0.243 e. The minimum atomic E-state index is -3.62. The average molecular weight is 390 g/mol. The molecule has 0 bridgehead atoms. The third kappa shape index (κ3) is 4.12. The van der Waals surface area contributed by atoms with Crippen molar-refractivity contribution in [1.29, 1.82) is 0 Å². The third-order valence-corrected chi connectivity index (χ3v) is 7.25. The molecule has 0 aliphatic carbocycles. The summed E-state index contributed by atoms with van der Waals surface area (Å²) in [5.41, 5.74) is 1.82. The van der Waals surface area contributed by atoms with Gasteiger partial charge in [-0.05, 0) is 43.4 Å². The van der Waals surface area contributed by atoms with Gasteiger partial charge in [0.1, 0.15) is 0 Å². The molecule has 5 nitrogen and oxygen atoms in total. The zero-order valence-corrected chi connectivity index (χ0v) is 17.0. The summed E-state index contributed by atoms with van der Waals surface area (Å²) < 4.78 is 39.3. The first-order valence-corrected chi connectivity index (χ1v) is 10.7. The molecule has 27 heavy (non-hydrogen) atoms. The summed E-state index contributed by atoms with van der Waals surface area (Å²) in [5, 5.41) is 0. The monoisotopic (exact) mass is 389 g/mol. The summed E-state index contributed by atoms with van der Waals surface area (Å²) >= 11 is 0. The highest BCUT2D eigenvalue weighted by Crippen LogP contribution is 2.35. The van der Waals surface area contributed by atoms with Gasteiger partial charge >= 0.3 is 0 Å². The molecule has 1 heterocycles. The molecule has 2 aromatic carbocycles. The largest absolute Gasteiger partial charge is 0.493 e. The number of piperidine rings is 1. The van der Waals surface area contributed by atoms with E-state index in [0.29, 0.717) is 28.5 Å². The Balaban J connectivity index is 1.96. The van der Waals surface area contributed by atoms with E-state index in [1.54, 1.807) is 30.5 Å². The lowest BCUT2D eigenvalue weighted by atomic mass is 9.98. The fourth-order valence-electron chi connectivity index (χ4n) is 3.75. The highest BCUT2D eigenvalue weighted by Gasteiger charge is 2.35. The summed E-state index contributed by atoms with van der Waals surface area (Å²) in [4.78, 5) is 0.292. The number of sulfonamides is 1. The molecule has 1 unspecified atom stereocenters. The molecule has 0 aromatic heterocycles. The molecule has 0 amide bonds. The predicted molar refractivity (Wildman–Crippen MR) is 106 cm³/mol. The molecule has 0 spiro atoms. The summed E-state index contributed by atoms with van der Waals surface area (Å²) in [5.74, 6) is 0.965. The summed E-state index contributed by atoms with van der Waals surface area (Å²) in [6.07, 6.45) is 3.54. The van der Waals surface area contributed by atoms with Crippen LogP contribution in [0.4, 0.5) is 0 Å². The molecule has 6 heteroatoms. The van der Waals surface area contributed by atoms with Crippen molar-refractivity contribution in [1.82, 2.24) is 4.31 Å². The van der Waals surface area contributed by atoms with Crippen LogP contribution in [0.25, 0.3) is 0 Å². The number of hydrogen-bond donors (Lipinski definition) is 0. The summed E-state index contributed by atoms with van der Waals surface area (Å²) in [6, 6.07) is 13.4. The van der Waals surface area contributed by atoms with E-state index >= 15 is 0 Å². The van der Waals surface area contributed by atoms with E-state index < -0.39 is 10.0 Å². The Hall–Kier alpha value is -2.05. The van der Waals surface area contributed by atoms with Crippen molar-refractivity contribution in [2.75, 3.05) is 20.8 Å². The van der Waals surface area contributed by atoms with E-state index in [1.807, 2.05) is 18.2 Å². The molecule has 0 radical (unpaired) electrons. The Morgan fingerprint density at radius 2 is 1.70 bits per heavy atom. The number of nitrogens with zero attached hydrogens (tertiary/aromatic N) is 1. The van der Waals surface area contributed by atoms with Crippen LogP contribution in [-0.4, -0.2) is 39.5 Å². The van der Waals surface area contributed by atoms with Gasteiger partial charge in [-0.25, -0.2) is 8.42 Å². The van der Waals surface area contributed by atoms with E-state index in [0.717, 1.165) is 31.2 Å². The number of ether oxygens (including phenoxy) is 2. The molecule has 0 N–H and O–H groups in total. The lowest BCUT2D eigenvalue weighted by molar-refractivity contribution is 0.250. The van der Waals surface area contributed by atoms with Gasteiger partial charge in [0.2, 0.25) is 10.0 Å². The third-order valence-electron chi connectivity index (χ3n) is 5.16. The van der Waals surface area contributed by atoms with Crippen LogP contribution < -0.4 is 9.47 Å². The van der Waals surface area contributed by atoms with E-state index in [2.05, 4.69) is 12.1 Å². The first-order valence-electron chi connectivity index (χ1n) is 9.25. The summed E-state index contributed by atoms with van der Waals surface area (Å²) in [6.45, 7) is 2.35. The zero-order valence-electron chi connectivity index (χ0n) is 16.1. The molecule has 1 atom stereocenters. The Kier molecular flexibility index (Phi) is 6.07. The maximum absolute atomic E-state index is 13.5. The molecule has 1 aliphatic rings. The number of methoxy groups -OCH3 is 2. The van der Waals surface area contributed by atoms with Crippen LogP contribution in [0.15, 0.2) is 47.4 Å². The minimum Gasteiger partial charge on any atom is -0.493 e. The normalized spacial score (nSPS) is 18.3. The van der Waals surface area contributed by atoms with Crippen molar-refractivity contribution in [3.63, 3.8) is 0 Å². The van der Waals surface area contributed by atoms with Crippen molar-refractivity contribution in [2.24, 2.45) is 0 Å². The summed E-state index contributed by atoms with van der Waals surface area (Å²) in [7, 11) is -0.558. The smallest absolute Gasteiger partial charge is 0.243 e. The molecule has 146 valence electrons. The van der Waals surface area contributed by atoms with Crippen molar-refractivity contribution in [3.8, 4) is 11.5 Å². The number of hydrogen-bond acceptors (Lipinski definition) is 4. The van der Waals surface area contributed by atoms with Gasteiger partial charge in [0, 0.05) is 18.7 Å². The van der Waals surface area contributed by atoms with Gasteiger partial charge in [0.05, 0.1) is 19.1 Å². The van der Waals surface area contributed by atoms with Gasteiger partial charge in [-0.15, -0.1) is 0 Å². The topological polar surface area (TPSA) is 55.8 Å². The van der Waals surface area contributed by atoms with Gasteiger partial charge < -0.3 is 9.47 Å². The Labute approximate surface area is 162 Å². The van der Waals surface area contributed by atoms with Gasteiger partial charge in [-0.1, -0.05) is 36.8 Å². The Bertz CT molecular complexity index is 881. The number of aryl methyl sites for hydroxylation is 1. The van der Waals surface area contributed by atoms with Crippen molar-refractivity contribution >= 4 is 10.0 Å². The highest BCUT2D eigenvalue weighted by atomic mass is 32.2. The van der Waals surface area contributed by atoms with E-state index in [4.69, 9.17) is 9.47 Å². The standard InChI is InChI=1S/C21H27NO4S/c1-16-13-19(25-2)20(26-3)15-21(16)27(23,24)22-12-8-7-11-18(22)14-17-9-5-4-6-10-17/h4-6,9-10,13,15,18H,7-8,11-12,14H2,1-3H3. The quantitative estimate of drug-likeness (QED) is 0.754. The molecule has 2 aromatic rings. The minimum absolute atomic E-state index is 0.0290. The van der Waals surface area contributed by atoms with Crippen LogP contribution >= 0.6 is 0 Å². The first-order chi connectivity index (χ1) is 13.0. The van der Waals surface area contributed by atoms with Crippen molar-refractivity contribution in [2.45, 2.75) is 43.5 Å². The van der Waals surface area contributed by atoms with Crippen LogP contribution in [0.5, 0.6) is 11.5 Å². The van der Waals surface area contributed by atoms with Crippen molar-refractivity contribution < 1.29 is 17.9 Å². The van der Waals surface area contributed by atoms with Crippen LogP contribution in [-0.2, 0) is 16.4 Å². The van der Waals surface area contributed by atoms with Crippen LogP contribution in [0.2, 0.25) is 0 Å². The molecule has 1 aliphatic heterocycles. The fourth-order valence-corrected chi connectivity index (χ4v) is 5.66.